The summed E-state index contributed by atoms with van der Waals surface area (Å²) >= 11 is 0. The molecule has 3 heterocycles. The molecule has 51 heavy (non-hydrogen) atoms. The first-order chi connectivity index (χ1) is 25.3. The maximum Gasteiger partial charge on any atom is 0.101 e. The normalized spacial score (nSPS) is 11.5. The van der Waals surface area contributed by atoms with Gasteiger partial charge in [0.2, 0.25) is 0 Å². The lowest BCUT2D eigenvalue weighted by Gasteiger charge is -2.11. The Morgan fingerprint density at radius 3 is 1.53 bits per heavy atom. The first-order valence-electron chi connectivity index (χ1n) is 17.2. The number of pyridine rings is 2. The highest BCUT2D eigenvalue weighted by molar-refractivity contribution is 6.17. The van der Waals surface area contributed by atoms with Crippen molar-refractivity contribution in [3.8, 4) is 50.6 Å². The average Bonchev–Trinajstić information content (AvgIpc) is 3.62. The molecular formula is C47H30N4. The molecule has 0 saturated carbocycles. The number of nitrogens with zero attached hydrogens (tertiary/aromatic N) is 4. The third-order valence-electron chi connectivity index (χ3n) is 9.80. The second-order valence-electron chi connectivity index (χ2n) is 12.9. The monoisotopic (exact) mass is 650 g/mol. The molecule has 10 rings (SSSR count). The predicted octanol–water partition coefficient (Wildman–Crippen LogP) is 11.9. The number of benzene rings is 7. The lowest BCUT2D eigenvalue weighted by molar-refractivity contribution is 0.918. The van der Waals surface area contributed by atoms with Crippen LogP contribution in [0.15, 0.2) is 182 Å². The zero-order valence-electron chi connectivity index (χ0n) is 27.6. The van der Waals surface area contributed by atoms with Crippen molar-refractivity contribution in [3.05, 3.63) is 182 Å². The van der Waals surface area contributed by atoms with Gasteiger partial charge in [0.25, 0.3) is 0 Å². The molecule has 0 aliphatic heterocycles. The van der Waals surface area contributed by atoms with Gasteiger partial charge in [0.05, 0.1) is 33.6 Å². The smallest absolute Gasteiger partial charge is 0.101 e. The molecule has 0 fully saturated rings. The Kier molecular flexibility index (Phi) is 6.78. The lowest BCUT2D eigenvalue weighted by atomic mass is 9.94. The van der Waals surface area contributed by atoms with Gasteiger partial charge in [-0.3, -0.25) is 0 Å². The van der Waals surface area contributed by atoms with E-state index in [1.54, 1.807) is 0 Å². The average molecular weight is 651 g/mol. The van der Waals surface area contributed by atoms with Crippen LogP contribution in [0.5, 0.6) is 0 Å². The molecule has 0 bridgehead atoms. The van der Waals surface area contributed by atoms with Crippen molar-refractivity contribution < 1.29 is 0 Å². The zero-order chi connectivity index (χ0) is 33.7. The van der Waals surface area contributed by atoms with Gasteiger partial charge in [0.15, 0.2) is 0 Å². The van der Waals surface area contributed by atoms with E-state index in [-0.39, 0.29) is 0 Å². The minimum absolute atomic E-state index is 0.900. The molecule has 7 aromatic carbocycles. The first-order valence-corrected chi connectivity index (χ1v) is 17.2. The number of rotatable bonds is 5. The van der Waals surface area contributed by atoms with E-state index in [4.69, 9.17) is 15.1 Å². The highest BCUT2D eigenvalue weighted by atomic mass is 15.3. The van der Waals surface area contributed by atoms with E-state index in [2.05, 4.69) is 168 Å². The van der Waals surface area contributed by atoms with E-state index < -0.39 is 0 Å². The molecule has 0 unspecified atom stereocenters. The molecule has 0 amide bonds. The summed E-state index contributed by atoms with van der Waals surface area (Å²) in [4.78, 5) is 10.3. The van der Waals surface area contributed by atoms with Crippen LogP contribution in [0.2, 0.25) is 0 Å². The zero-order valence-corrected chi connectivity index (χ0v) is 27.6. The fourth-order valence-corrected chi connectivity index (χ4v) is 7.29. The van der Waals surface area contributed by atoms with Crippen molar-refractivity contribution in [2.45, 2.75) is 0 Å². The van der Waals surface area contributed by atoms with Crippen molar-refractivity contribution in [2.24, 2.45) is 0 Å². The van der Waals surface area contributed by atoms with Crippen LogP contribution in [0.3, 0.4) is 0 Å². The fraction of sp³-hybridized carbons (Fsp3) is 0. The number of aromatic nitrogens is 4. The van der Waals surface area contributed by atoms with E-state index in [1.807, 2.05) is 18.2 Å². The molecule has 0 aliphatic rings. The van der Waals surface area contributed by atoms with Crippen LogP contribution in [0.25, 0.3) is 94.1 Å². The van der Waals surface area contributed by atoms with Crippen LogP contribution in [0.4, 0.5) is 0 Å². The molecular weight excluding hydrogens is 621 g/mol. The first kappa shape index (κ1) is 29.0. The van der Waals surface area contributed by atoms with Crippen molar-refractivity contribution in [2.75, 3.05) is 0 Å². The number of hydrogen-bond acceptors (Lipinski definition) is 3. The summed E-state index contributed by atoms with van der Waals surface area (Å²) in [5.41, 5.74) is 12.2. The van der Waals surface area contributed by atoms with Gasteiger partial charge < -0.3 is 0 Å². The van der Waals surface area contributed by atoms with Gasteiger partial charge in [-0.2, -0.15) is 5.10 Å². The summed E-state index contributed by atoms with van der Waals surface area (Å²) in [7, 11) is 0. The van der Waals surface area contributed by atoms with Gasteiger partial charge in [-0.05, 0) is 46.8 Å². The molecule has 4 nitrogen and oxygen atoms in total. The van der Waals surface area contributed by atoms with E-state index in [0.717, 1.165) is 77.6 Å². The van der Waals surface area contributed by atoms with Gasteiger partial charge in [-0.15, -0.1) is 0 Å². The van der Waals surface area contributed by atoms with Crippen LogP contribution in [0, 0.1) is 0 Å². The second kappa shape index (κ2) is 11.9. The molecule has 0 aliphatic carbocycles. The topological polar surface area (TPSA) is 43.6 Å². The minimum Gasteiger partial charge on any atom is -0.245 e. The lowest BCUT2D eigenvalue weighted by Crippen LogP contribution is -1.97. The van der Waals surface area contributed by atoms with Crippen molar-refractivity contribution in [3.63, 3.8) is 0 Å². The third-order valence-corrected chi connectivity index (χ3v) is 9.80. The van der Waals surface area contributed by atoms with Gasteiger partial charge in [-0.25, -0.2) is 14.6 Å². The molecule has 0 atom stereocenters. The van der Waals surface area contributed by atoms with Crippen LogP contribution in [-0.4, -0.2) is 19.7 Å². The molecule has 4 heteroatoms. The summed E-state index contributed by atoms with van der Waals surface area (Å²) < 4.78 is 2.12. The summed E-state index contributed by atoms with van der Waals surface area (Å²) in [6.45, 7) is 0. The van der Waals surface area contributed by atoms with Crippen molar-refractivity contribution in [1.29, 1.82) is 0 Å². The minimum atomic E-state index is 0.900. The van der Waals surface area contributed by atoms with Gasteiger partial charge in [0, 0.05) is 38.2 Å². The summed E-state index contributed by atoms with van der Waals surface area (Å²) in [6.07, 6.45) is 0. The maximum absolute atomic E-state index is 5.37. The Morgan fingerprint density at radius 2 is 0.902 bits per heavy atom. The summed E-state index contributed by atoms with van der Waals surface area (Å²) in [5, 5.41) is 11.0. The summed E-state index contributed by atoms with van der Waals surface area (Å²) in [6, 6.07) is 63.7. The van der Waals surface area contributed by atoms with Crippen molar-refractivity contribution >= 4 is 43.5 Å². The van der Waals surface area contributed by atoms with Crippen LogP contribution >= 0.6 is 0 Å². The molecule has 0 radical (unpaired) electrons. The molecule has 0 N–H and O–H groups in total. The van der Waals surface area contributed by atoms with Gasteiger partial charge >= 0.3 is 0 Å². The highest BCUT2D eigenvalue weighted by Gasteiger charge is 2.21. The predicted molar refractivity (Wildman–Crippen MR) is 211 cm³/mol. The third kappa shape index (κ3) is 4.96. The van der Waals surface area contributed by atoms with Crippen LogP contribution in [-0.2, 0) is 0 Å². The molecule has 3 aromatic heterocycles. The Balaban J connectivity index is 1.14. The SMILES string of the molecule is c1ccc(-c2ccc3ccc4ccc(-c5ccc(-n6nc(-c7ccccc7)c7c(-c8ccccc8)cc8ccccc8c76)cc5)nc4c3n2)cc1. The van der Waals surface area contributed by atoms with Crippen molar-refractivity contribution in [1.82, 2.24) is 19.7 Å². The van der Waals surface area contributed by atoms with Gasteiger partial charge in [0.1, 0.15) is 5.69 Å². The van der Waals surface area contributed by atoms with Crippen LogP contribution < -0.4 is 0 Å². The van der Waals surface area contributed by atoms with Gasteiger partial charge in [-0.1, -0.05) is 152 Å². The number of fused-ring (bicyclic) bond motifs is 6. The Hall–Kier alpha value is -6.91. The highest BCUT2D eigenvalue weighted by Crippen LogP contribution is 2.41. The second-order valence-corrected chi connectivity index (χ2v) is 12.9. The molecule has 0 saturated heterocycles. The maximum atomic E-state index is 5.37. The van der Waals surface area contributed by atoms with Crippen LogP contribution in [0.1, 0.15) is 0 Å². The molecule has 10 aromatic rings. The largest absolute Gasteiger partial charge is 0.245 e. The van der Waals surface area contributed by atoms with E-state index in [0.29, 0.717) is 0 Å². The Bertz CT molecular complexity index is 2880. The van der Waals surface area contributed by atoms with E-state index in [9.17, 15) is 0 Å². The Morgan fingerprint density at radius 1 is 0.392 bits per heavy atom. The fourth-order valence-electron chi connectivity index (χ4n) is 7.29. The van der Waals surface area contributed by atoms with E-state index >= 15 is 0 Å². The standard InChI is InChI=1S/C47H30N4/c1-4-12-31(13-5-1)40-30-37-18-10-11-19-39(37)47-43(40)44(34-16-8-3-9-17-34)50-51(47)38-26-22-33(23-27-38)42-29-25-36-21-20-35-24-28-41(32-14-6-2-7-15-32)48-45(35)46(36)49-42/h1-30H. The molecule has 238 valence electrons. The molecule has 0 spiro atoms. The Labute approximate surface area is 294 Å². The summed E-state index contributed by atoms with van der Waals surface area (Å²) in [5.74, 6) is 0. The number of hydrogen-bond donors (Lipinski definition) is 0. The van der Waals surface area contributed by atoms with E-state index in [1.165, 1.54) is 16.5 Å². The quantitative estimate of drug-likeness (QED) is 0.174.